The zero-order valence-electron chi connectivity index (χ0n) is 16.3. The van der Waals surface area contributed by atoms with Gasteiger partial charge in [-0.3, -0.25) is 4.79 Å². The van der Waals surface area contributed by atoms with Gasteiger partial charge in [-0.1, -0.05) is 48.5 Å². The van der Waals surface area contributed by atoms with Crippen LogP contribution in [0.3, 0.4) is 0 Å². The van der Waals surface area contributed by atoms with Crippen LogP contribution in [0.4, 0.5) is 0 Å². The van der Waals surface area contributed by atoms with Crippen LogP contribution in [0, 0.1) is 0 Å². The second-order valence-electron chi connectivity index (χ2n) is 6.28. The molecule has 3 rings (SSSR count). The van der Waals surface area contributed by atoms with E-state index in [1.54, 1.807) is 42.6 Å². The summed E-state index contributed by atoms with van der Waals surface area (Å²) < 4.78 is 11.2. The molecule has 1 amide bonds. The zero-order chi connectivity index (χ0) is 21.2. The molecule has 5 nitrogen and oxygen atoms in total. The predicted octanol–water partition coefficient (Wildman–Crippen LogP) is 5.25. The molecule has 0 atom stereocenters. The molecular weight excluding hydrogens is 400 g/mol. The van der Waals surface area contributed by atoms with Crippen molar-refractivity contribution < 1.29 is 14.3 Å². The number of rotatable bonds is 9. The highest BCUT2D eigenvalue weighted by atomic mass is 35.5. The largest absolute Gasteiger partial charge is 0.490 e. The number of carbonyl (C=O) groups is 1. The molecular formula is C24H21ClN2O3. The average molecular weight is 421 g/mol. The molecule has 1 N–H and O–H groups in total. The number of carbonyl (C=O) groups excluding carboxylic acids is 1. The third kappa shape index (κ3) is 6.22. The Morgan fingerprint density at radius 1 is 1.00 bits per heavy atom. The van der Waals surface area contributed by atoms with Crippen LogP contribution < -0.4 is 14.9 Å². The molecule has 152 valence electrons. The molecule has 0 unspecified atom stereocenters. The lowest BCUT2D eigenvalue weighted by molar-refractivity contribution is 0.0950. The van der Waals surface area contributed by atoms with Crippen LogP contribution in [0.1, 0.15) is 21.5 Å². The fraction of sp³-hybridized carbons (Fsp3) is 0.0833. The highest BCUT2D eigenvalue weighted by Crippen LogP contribution is 2.20. The number of amides is 1. The fourth-order valence-electron chi connectivity index (χ4n) is 2.55. The van der Waals surface area contributed by atoms with Crippen molar-refractivity contribution in [2.24, 2.45) is 5.10 Å². The Labute approximate surface area is 180 Å². The van der Waals surface area contributed by atoms with Crippen molar-refractivity contribution in [1.29, 1.82) is 0 Å². The Morgan fingerprint density at radius 3 is 2.47 bits per heavy atom. The van der Waals surface area contributed by atoms with Gasteiger partial charge in [0.2, 0.25) is 0 Å². The van der Waals surface area contributed by atoms with Crippen molar-refractivity contribution in [3.63, 3.8) is 0 Å². The second-order valence-corrected chi connectivity index (χ2v) is 6.72. The van der Waals surface area contributed by atoms with Crippen LogP contribution in [0.2, 0.25) is 5.02 Å². The average Bonchev–Trinajstić information content (AvgIpc) is 2.78. The Hall–Kier alpha value is -3.57. The lowest BCUT2D eigenvalue weighted by atomic mass is 10.2. The molecule has 0 aliphatic rings. The number of para-hydroxylation sites is 1. The highest BCUT2D eigenvalue weighted by molar-refractivity contribution is 6.30. The SMILES string of the molecule is C=CCOc1ccc(/C=N/NC(=O)c2ccccc2OCc2ccc(Cl)cc2)cc1. The number of hydrogen-bond donors (Lipinski definition) is 1. The van der Waals surface area contributed by atoms with Crippen molar-refractivity contribution in [2.45, 2.75) is 6.61 Å². The Balaban J connectivity index is 1.59. The van der Waals surface area contributed by atoms with E-state index in [1.807, 2.05) is 42.5 Å². The summed E-state index contributed by atoms with van der Waals surface area (Å²) >= 11 is 5.90. The molecule has 0 spiro atoms. The van der Waals surface area contributed by atoms with Gasteiger partial charge in [-0.2, -0.15) is 5.10 Å². The van der Waals surface area contributed by atoms with E-state index in [1.165, 1.54) is 0 Å². The topological polar surface area (TPSA) is 59.9 Å². The number of nitrogens with zero attached hydrogens (tertiary/aromatic N) is 1. The van der Waals surface area contributed by atoms with Crippen molar-refractivity contribution in [1.82, 2.24) is 5.43 Å². The van der Waals surface area contributed by atoms with E-state index in [-0.39, 0.29) is 5.91 Å². The van der Waals surface area contributed by atoms with Crippen LogP contribution >= 0.6 is 11.6 Å². The molecule has 0 aliphatic heterocycles. The monoisotopic (exact) mass is 420 g/mol. The van der Waals surface area contributed by atoms with E-state index in [2.05, 4.69) is 17.1 Å². The summed E-state index contributed by atoms with van der Waals surface area (Å²) in [5.41, 5.74) is 4.71. The van der Waals surface area contributed by atoms with Gasteiger partial charge in [0, 0.05) is 5.02 Å². The minimum absolute atomic E-state index is 0.324. The smallest absolute Gasteiger partial charge is 0.275 e. The number of nitrogens with one attached hydrogen (secondary N) is 1. The number of hydrogen-bond acceptors (Lipinski definition) is 4. The maximum Gasteiger partial charge on any atom is 0.275 e. The molecule has 0 fully saturated rings. The zero-order valence-corrected chi connectivity index (χ0v) is 17.0. The van der Waals surface area contributed by atoms with Gasteiger partial charge in [-0.05, 0) is 59.7 Å². The van der Waals surface area contributed by atoms with Crippen molar-refractivity contribution >= 4 is 23.7 Å². The molecule has 0 saturated carbocycles. The van der Waals surface area contributed by atoms with Gasteiger partial charge in [0.25, 0.3) is 5.91 Å². The fourth-order valence-corrected chi connectivity index (χ4v) is 2.68. The van der Waals surface area contributed by atoms with Crippen LogP contribution in [-0.4, -0.2) is 18.7 Å². The van der Waals surface area contributed by atoms with Gasteiger partial charge in [-0.15, -0.1) is 0 Å². The maximum atomic E-state index is 12.5. The molecule has 0 bridgehead atoms. The van der Waals surface area contributed by atoms with Crippen LogP contribution in [0.25, 0.3) is 0 Å². The van der Waals surface area contributed by atoms with E-state index in [0.29, 0.717) is 29.5 Å². The molecule has 0 heterocycles. The molecule has 0 aliphatic carbocycles. The molecule has 3 aromatic rings. The first-order chi connectivity index (χ1) is 14.7. The van der Waals surface area contributed by atoms with Crippen molar-refractivity contribution in [2.75, 3.05) is 6.61 Å². The van der Waals surface area contributed by atoms with Gasteiger partial charge in [0.05, 0.1) is 11.8 Å². The van der Waals surface area contributed by atoms with Crippen LogP contribution in [0.15, 0.2) is 90.6 Å². The first kappa shape index (κ1) is 21.1. The minimum atomic E-state index is -0.358. The Morgan fingerprint density at radius 2 is 1.73 bits per heavy atom. The molecule has 30 heavy (non-hydrogen) atoms. The van der Waals surface area contributed by atoms with Crippen LogP contribution in [0.5, 0.6) is 11.5 Å². The summed E-state index contributed by atoms with van der Waals surface area (Å²) in [6.45, 7) is 4.38. The van der Waals surface area contributed by atoms with Gasteiger partial charge in [0.1, 0.15) is 24.7 Å². The molecule has 0 saturated heterocycles. The molecule has 6 heteroatoms. The second kappa shape index (κ2) is 10.8. The Bertz CT molecular complexity index is 1020. The van der Waals surface area contributed by atoms with E-state index in [4.69, 9.17) is 21.1 Å². The van der Waals surface area contributed by atoms with Gasteiger partial charge < -0.3 is 9.47 Å². The summed E-state index contributed by atoms with van der Waals surface area (Å²) in [6, 6.07) is 21.7. The third-order valence-corrected chi connectivity index (χ3v) is 4.32. The first-order valence-corrected chi connectivity index (χ1v) is 9.67. The quantitative estimate of drug-likeness (QED) is 0.292. The summed E-state index contributed by atoms with van der Waals surface area (Å²) in [5.74, 6) is 0.857. The predicted molar refractivity (Wildman–Crippen MR) is 119 cm³/mol. The van der Waals surface area contributed by atoms with E-state index in [0.717, 1.165) is 16.9 Å². The highest BCUT2D eigenvalue weighted by Gasteiger charge is 2.11. The maximum absolute atomic E-state index is 12.5. The minimum Gasteiger partial charge on any atom is -0.490 e. The molecule has 0 radical (unpaired) electrons. The summed E-state index contributed by atoms with van der Waals surface area (Å²) in [6.07, 6.45) is 3.24. The normalized spacial score (nSPS) is 10.6. The van der Waals surface area contributed by atoms with Gasteiger partial charge in [0.15, 0.2) is 0 Å². The first-order valence-electron chi connectivity index (χ1n) is 9.29. The summed E-state index contributed by atoms with van der Waals surface area (Å²) in [7, 11) is 0. The lowest BCUT2D eigenvalue weighted by Crippen LogP contribution is -2.18. The molecule has 3 aromatic carbocycles. The van der Waals surface area contributed by atoms with Gasteiger partial charge >= 0.3 is 0 Å². The lowest BCUT2D eigenvalue weighted by Gasteiger charge is -2.10. The van der Waals surface area contributed by atoms with Gasteiger partial charge in [-0.25, -0.2) is 5.43 Å². The number of halogens is 1. The summed E-state index contributed by atoms with van der Waals surface area (Å²) in [4.78, 5) is 12.5. The number of benzene rings is 3. The van der Waals surface area contributed by atoms with E-state index >= 15 is 0 Å². The van der Waals surface area contributed by atoms with E-state index in [9.17, 15) is 4.79 Å². The number of ether oxygens (including phenoxy) is 2. The third-order valence-electron chi connectivity index (χ3n) is 4.07. The van der Waals surface area contributed by atoms with Crippen molar-refractivity contribution in [3.8, 4) is 11.5 Å². The standard InChI is InChI=1S/C24H21ClN2O3/c1-2-15-29-21-13-9-18(10-14-21)16-26-27-24(28)22-5-3-4-6-23(22)30-17-19-7-11-20(25)12-8-19/h2-14,16H,1,15,17H2,(H,27,28)/b26-16+. The van der Waals surface area contributed by atoms with Crippen molar-refractivity contribution in [3.05, 3.63) is 107 Å². The van der Waals surface area contributed by atoms with E-state index < -0.39 is 0 Å². The summed E-state index contributed by atoms with van der Waals surface area (Å²) in [5, 5.41) is 4.69. The Kier molecular flexibility index (Phi) is 7.64. The molecule has 0 aromatic heterocycles. The van der Waals surface area contributed by atoms with Crippen LogP contribution in [-0.2, 0) is 6.61 Å². The number of hydrazone groups is 1.